The molecule has 4 nitrogen and oxygen atoms in total. The van der Waals surface area contributed by atoms with Crippen LogP contribution < -0.4 is 5.56 Å². The number of fused-ring (bicyclic) bond motifs is 1. The van der Waals surface area contributed by atoms with Crippen LogP contribution in [0.2, 0.25) is 0 Å². The molecule has 3 aromatic rings. The van der Waals surface area contributed by atoms with Gasteiger partial charge in [-0.25, -0.2) is 4.98 Å². The summed E-state index contributed by atoms with van der Waals surface area (Å²) in [5.74, 6) is 0.789. The van der Waals surface area contributed by atoms with Gasteiger partial charge in [-0.3, -0.25) is 9.36 Å². The van der Waals surface area contributed by atoms with Crippen molar-refractivity contribution in [1.29, 1.82) is 0 Å². The fourth-order valence-electron chi connectivity index (χ4n) is 2.97. The van der Waals surface area contributed by atoms with Crippen molar-refractivity contribution >= 4 is 22.7 Å². The van der Waals surface area contributed by atoms with Crippen LogP contribution in [0.3, 0.4) is 0 Å². The largest absolute Gasteiger partial charge is 0.382 e. The van der Waals surface area contributed by atoms with Crippen molar-refractivity contribution in [3.8, 4) is 0 Å². The summed E-state index contributed by atoms with van der Waals surface area (Å²) in [6, 6.07) is 14.1. The monoisotopic (exact) mass is 382 g/mol. The van der Waals surface area contributed by atoms with E-state index in [9.17, 15) is 4.79 Å². The molecule has 0 aliphatic carbocycles. The molecule has 0 aliphatic heterocycles. The Morgan fingerprint density at radius 2 is 1.93 bits per heavy atom. The lowest BCUT2D eigenvalue weighted by molar-refractivity contribution is 0.140. The summed E-state index contributed by atoms with van der Waals surface area (Å²) in [6.45, 7) is 8.19. The van der Waals surface area contributed by atoms with Crippen LogP contribution in [0, 0.1) is 13.8 Å². The molecule has 27 heavy (non-hydrogen) atoms. The second-order valence-corrected chi connectivity index (χ2v) is 7.57. The van der Waals surface area contributed by atoms with Crippen molar-refractivity contribution in [2.24, 2.45) is 0 Å². The lowest BCUT2D eigenvalue weighted by Gasteiger charge is -2.13. The Balaban J connectivity index is 1.88. The zero-order chi connectivity index (χ0) is 19.2. The Labute approximate surface area is 164 Å². The van der Waals surface area contributed by atoms with Gasteiger partial charge in [0.2, 0.25) is 0 Å². The minimum atomic E-state index is 0.0275. The Hall–Kier alpha value is -2.11. The van der Waals surface area contributed by atoms with Crippen LogP contribution in [0.1, 0.15) is 30.0 Å². The summed E-state index contributed by atoms with van der Waals surface area (Å²) in [7, 11) is 0. The first-order valence-electron chi connectivity index (χ1n) is 9.36. The molecule has 0 saturated heterocycles. The molecule has 0 unspecified atom stereocenters. The zero-order valence-electron chi connectivity index (χ0n) is 16.2. The molecule has 0 radical (unpaired) electrons. The van der Waals surface area contributed by atoms with Gasteiger partial charge in [-0.1, -0.05) is 42.1 Å². The molecule has 0 atom stereocenters. The van der Waals surface area contributed by atoms with E-state index in [4.69, 9.17) is 9.72 Å². The van der Waals surface area contributed by atoms with E-state index < -0.39 is 0 Å². The number of para-hydroxylation sites is 1. The third-order valence-electron chi connectivity index (χ3n) is 4.64. The van der Waals surface area contributed by atoms with Gasteiger partial charge in [-0.05, 0) is 56.0 Å². The third kappa shape index (κ3) is 4.79. The summed E-state index contributed by atoms with van der Waals surface area (Å²) in [5, 5.41) is 1.44. The summed E-state index contributed by atoms with van der Waals surface area (Å²) >= 11 is 1.62. The zero-order valence-corrected chi connectivity index (χ0v) is 17.0. The average molecular weight is 383 g/mol. The number of rotatable bonds is 8. The first kappa shape index (κ1) is 19.6. The third-order valence-corrected chi connectivity index (χ3v) is 5.69. The van der Waals surface area contributed by atoms with E-state index in [1.807, 2.05) is 31.2 Å². The van der Waals surface area contributed by atoms with E-state index in [1.54, 1.807) is 16.3 Å². The van der Waals surface area contributed by atoms with E-state index in [1.165, 1.54) is 16.7 Å². The van der Waals surface area contributed by atoms with Crippen LogP contribution in [-0.4, -0.2) is 22.8 Å². The minimum absolute atomic E-state index is 0.0275. The van der Waals surface area contributed by atoms with E-state index >= 15 is 0 Å². The van der Waals surface area contributed by atoms with Crippen molar-refractivity contribution in [2.45, 2.75) is 44.6 Å². The van der Waals surface area contributed by atoms with E-state index in [2.05, 4.69) is 32.0 Å². The molecule has 1 aromatic heterocycles. The van der Waals surface area contributed by atoms with Gasteiger partial charge in [0.05, 0.1) is 10.9 Å². The maximum absolute atomic E-state index is 13.0. The highest BCUT2D eigenvalue weighted by Gasteiger charge is 2.12. The number of aromatic nitrogens is 2. The maximum atomic E-state index is 13.0. The van der Waals surface area contributed by atoms with E-state index in [0.29, 0.717) is 25.1 Å². The molecule has 0 fully saturated rings. The number of benzene rings is 2. The maximum Gasteiger partial charge on any atom is 0.262 e. The number of nitrogens with zero attached hydrogens (tertiary/aromatic N) is 2. The fraction of sp³-hybridized carbons (Fsp3) is 0.364. The summed E-state index contributed by atoms with van der Waals surface area (Å²) in [6.07, 6.45) is 0.797. The lowest BCUT2D eigenvalue weighted by atomic mass is 10.1. The predicted octanol–water partition coefficient (Wildman–Crippen LogP) is 4.73. The van der Waals surface area contributed by atoms with Gasteiger partial charge in [-0.15, -0.1) is 0 Å². The average Bonchev–Trinajstić information content (AvgIpc) is 2.68. The molecule has 5 heteroatoms. The molecule has 0 amide bonds. The van der Waals surface area contributed by atoms with Crippen molar-refractivity contribution < 1.29 is 4.74 Å². The predicted molar refractivity (Wildman–Crippen MR) is 113 cm³/mol. The minimum Gasteiger partial charge on any atom is -0.382 e. The van der Waals surface area contributed by atoms with E-state index in [0.717, 1.165) is 22.8 Å². The Morgan fingerprint density at radius 3 is 2.70 bits per heavy atom. The number of hydrogen-bond acceptors (Lipinski definition) is 4. The van der Waals surface area contributed by atoms with Crippen LogP contribution in [-0.2, 0) is 17.0 Å². The molecule has 0 N–H and O–H groups in total. The van der Waals surface area contributed by atoms with Gasteiger partial charge < -0.3 is 4.74 Å². The quantitative estimate of drug-likeness (QED) is 0.321. The summed E-state index contributed by atoms with van der Waals surface area (Å²) in [4.78, 5) is 17.8. The molecular weight excluding hydrogens is 356 g/mol. The highest BCUT2D eigenvalue weighted by molar-refractivity contribution is 7.98. The normalized spacial score (nSPS) is 11.2. The highest BCUT2D eigenvalue weighted by atomic mass is 32.2. The van der Waals surface area contributed by atoms with Crippen LogP contribution in [0.5, 0.6) is 0 Å². The fourth-order valence-corrected chi connectivity index (χ4v) is 3.93. The van der Waals surface area contributed by atoms with E-state index in [-0.39, 0.29) is 5.56 Å². The molecule has 0 spiro atoms. The molecule has 0 bridgehead atoms. The molecule has 2 aromatic carbocycles. The second kappa shape index (κ2) is 9.20. The lowest BCUT2D eigenvalue weighted by Crippen LogP contribution is -2.24. The topological polar surface area (TPSA) is 44.1 Å². The first-order valence-corrected chi connectivity index (χ1v) is 10.3. The number of ether oxygens (including phenoxy) is 1. The van der Waals surface area contributed by atoms with Crippen molar-refractivity contribution in [3.05, 3.63) is 69.5 Å². The molecular formula is C22H26N2O2S. The summed E-state index contributed by atoms with van der Waals surface area (Å²) in [5.41, 5.74) is 4.60. The standard InChI is InChI=1S/C22H26N2O2S/c1-4-26-13-7-12-24-21(25)19-8-5-6-9-20(19)23-22(24)27-15-18-11-10-16(2)17(3)14-18/h5-6,8-11,14H,4,7,12-13,15H2,1-3H3. The van der Waals surface area contributed by atoms with Gasteiger partial charge in [0, 0.05) is 25.5 Å². The van der Waals surface area contributed by atoms with Crippen molar-refractivity contribution in [1.82, 2.24) is 9.55 Å². The highest BCUT2D eigenvalue weighted by Crippen LogP contribution is 2.23. The first-order chi connectivity index (χ1) is 13.1. The van der Waals surface area contributed by atoms with Crippen LogP contribution >= 0.6 is 11.8 Å². The second-order valence-electron chi connectivity index (χ2n) is 6.63. The molecule has 3 rings (SSSR count). The number of hydrogen-bond donors (Lipinski definition) is 0. The van der Waals surface area contributed by atoms with Gasteiger partial charge in [0.15, 0.2) is 5.16 Å². The number of thioether (sulfide) groups is 1. The van der Waals surface area contributed by atoms with Crippen LogP contribution in [0.4, 0.5) is 0 Å². The smallest absolute Gasteiger partial charge is 0.262 e. The van der Waals surface area contributed by atoms with Crippen molar-refractivity contribution in [3.63, 3.8) is 0 Å². The molecule has 0 saturated carbocycles. The Bertz CT molecular complexity index is 982. The van der Waals surface area contributed by atoms with Gasteiger partial charge >= 0.3 is 0 Å². The molecule has 0 aliphatic rings. The Morgan fingerprint density at radius 1 is 1.11 bits per heavy atom. The molecule has 142 valence electrons. The van der Waals surface area contributed by atoms with Crippen LogP contribution in [0.25, 0.3) is 10.9 Å². The Kier molecular flexibility index (Phi) is 6.69. The van der Waals surface area contributed by atoms with Gasteiger partial charge in [-0.2, -0.15) is 0 Å². The van der Waals surface area contributed by atoms with Crippen LogP contribution in [0.15, 0.2) is 52.4 Å². The van der Waals surface area contributed by atoms with Gasteiger partial charge in [0.25, 0.3) is 5.56 Å². The SMILES string of the molecule is CCOCCCn1c(SCc2ccc(C)c(C)c2)nc2ccccc2c1=O. The van der Waals surface area contributed by atoms with Crippen molar-refractivity contribution in [2.75, 3.05) is 13.2 Å². The number of aryl methyl sites for hydroxylation is 2. The summed E-state index contributed by atoms with van der Waals surface area (Å²) < 4.78 is 7.23. The van der Waals surface area contributed by atoms with Gasteiger partial charge in [0.1, 0.15) is 0 Å². The molecule has 1 heterocycles.